The fraction of sp³-hybridized carbons (Fsp3) is 0.773. The second-order valence-electron chi connectivity index (χ2n) is 9.78. The number of hydrogen-bond donors (Lipinski definition) is 1. The first-order valence-electron chi connectivity index (χ1n) is 10.3. The molecule has 4 aliphatic rings. The molecule has 7 atom stereocenters. The Bertz CT molecular complexity index is 718. The van der Waals surface area contributed by atoms with Gasteiger partial charge in [-0.1, -0.05) is 19.1 Å². The smallest absolute Gasteiger partial charge is 0.302 e. The molecular weight excluding hydrogens is 360 g/mol. The molecule has 0 unspecified atom stereocenters. The second-order valence-corrected chi connectivity index (χ2v) is 9.78. The van der Waals surface area contributed by atoms with Gasteiger partial charge < -0.3 is 14.6 Å². The molecular formula is C22H32O6. The van der Waals surface area contributed by atoms with Crippen molar-refractivity contribution in [3.63, 3.8) is 0 Å². The first-order chi connectivity index (χ1) is 13.0. The fourth-order valence-corrected chi connectivity index (χ4v) is 5.32. The van der Waals surface area contributed by atoms with E-state index in [0.717, 1.165) is 32.1 Å². The number of epoxide rings is 1. The van der Waals surface area contributed by atoms with E-state index in [2.05, 4.69) is 20.4 Å². The predicted octanol–water partition coefficient (Wildman–Crippen LogP) is 3.44. The summed E-state index contributed by atoms with van der Waals surface area (Å²) in [5.41, 5.74) is -0.171. The standard InChI is InChI=1S/C22H32O6/c1-14-6-7-18-21(5,26-18)9-8-17-16(14)12-20(17,4)22(24)11-10-19(3,27-28-22)13-25-15(2)23/h10-11,16-18,24H,1,6-9,12-13H2,2-5H3/t16-,17-,18-,19+,20-,21-,22+/m0/s1. The average Bonchev–Trinajstić information content (AvgIpc) is 3.27. The van der Waals surface area contributed by atoms with E-state index in [0.29, 0.717) is 12.0 Å². The molecule has 0 bridgehead atoms. The van der Waals surface area contributed by atoms with E-state index in [1.807, 2.05) is 0 Å². The minimum atomic E-state index is -1.52. The number of rotatable bonds is 3. The molecule has 2 saturated carbocycles. The third-order valence-electron chi connectivity index (χ3n) is 7.59. The first-order valence-corrected chi connectivity index (χ1v) is 10.3. The molecule has 2 aliphatic heterocycles. The number of carbonyl (C=O) groups is 1. The van der Waals surface area contributed by atoms with Crippen molar-refractivity contribution in [3.05, 3.63) is 24.3 Å². The van der Waals surface area contributed by atoms with Gasteiger partial charge in [-0.15, -0.1) is 0 Å². The number of allylic oxidation sites excluding steroid dienone is 1. The maximum Gasteiger partial charge on any atom is 0.302 e. The highest BCUT2D eigenvalue weighted by Gasteiger charge is 2.65. The molecule has 3 fully saturated rings. The Morgan fingerprint density at radius 1 is 1.29 bits per heavy atom. The lowest BCUT2D eigenvalue weighted by molar-refractivity contribution is -0.480. The van der Waals surface area contributed by atoms with Crippen LogP contribution >= 0.6 is 0 Å². The zero-order valence-electron chi connectivity index (χ0n) is 17.3. The number of fused-ring (bicyclic) bond motifs is 2. The van der Waals surface area contributed by atoms with Gasteiger partial charge in [-0.25, -0.2) is 4.89 Å². The van der Waals surface area contributed by atoms with Crippen molar-refractivity contribution in [3.8, 4) is 0 Å². The number of aliphatic hydroxyl groups is 1. The van der Waals surface area contributed by atoms with E-state index in [-0.39, 0.29) is 24.1 Å². The van der Waals surface area contributed by atoms with Gasteiger partial charge in [-0.2, -0.15) is 4.89 Å². The predicted molar refractivity (Wildman–Crippen MR) is 102 cm³/mol. The Labute approximate surface area is 166 Å². The largest absolute Gasteiger partial charge is 0.462 e. The summed E-state index contributed by atoms with van der Waals surface area (Å²) in [5.74, 6) is -1.27. The summed E-state index contributed by atoms with van der Waals surface area (Å²) in [7, 11) is 0. The normalized spacial score (nSPS) is 50.3. The highest BCUT2D eigenvalue weighted by atomic mass is 17.2. The van der Waals surface area contributed by atoms with Crippen molar-refractivity contribution >= 4 is 5.97 Å². The summed E-state index contributed by atoms with van der Waals surface area (Å²) in [6.07, 6.45) is 8.50. The zero-order chi connectivity index (χ0) is 20.4. The Balaban J connectivity index is 1.52. The quantitative estimate of drug-likeness (QED) is 0.343. The van der Waals surface area contributed by atoms with Gasteiger partial charge in [0.05, 0.1) is 11.7 Å². The van der Waals surface area contributed by atoms with Crippen molar-refractivity contribution in [2.75, 3.05) is 6.61 Å². The van der Waals surface area contributed by atoms with Gasteiger partial charge in [0.1, 0.15) is 6.61 Å². The van der Waals surface area contributed by atoms with Crippen LogP contribution < -0.4 is 0 Å². The molecule has 156 valence electrons. The van der Waals surface area contributed by atoms with Crippen LogP contribution in [0.2, 0.25) is 0 Å². The SMILES string of the molecule is C=C1CC[C@@H]2O[C@@]2(C)CC[C@H]2[C@H]1C[C@]2(C)[C@@]1(O)C=C[C@](C)(COC(C)=O)OO1. The lowest BCUT2D eigenvalue weighted by Crippen LogP contribution is -2.63. The van der Waals surface area contributed by atoms with E-state index < -0.39 is 16.8 Å². The van der Waals surface area contributed by atoms with Gasteiger partial charge in [0.25, 0.3) is 0 Å². The van der Waals surface area contributed by atoms with E-state index in [9.17, 15) is 9.90 Å². The van der Waals surface area contributed by atoms with Crippen LogP contribution in [-0.2, 0) is 24.0 Å². The highest BCUT2D eigenvalue weighted by molar-refractivity contribution is 5.66. The summed E-state index contributed by atoms with van der Waals surface area (Å²) < 4.78 is 11.0. The molecule has 6 heteroatoms. The first kappa shape index (κ1) is 20.1. The second kappa shape index (κ2) is 6.39. The van der Waals surface area contributed by atoms with Gasteiger partial charge in [0.2, 0.25) is 5.79 Å². The molecule has 0 amide bonds. The Hall–Kier alpha value is -1.21. The van der Waals surface area contributed by atoms with Crippen molar-refractivity contribution in [1.82, 2.24) is 0 Å². The highest BCUT2D eigenvalue weighted by Crippen LogP contribution is 2.64. The van der Waals surface area contributed by atoms with E-state index in [1.165, 1.54) is 12.5 Å². The van der Waals surface area contributed by atoms with Crippen LogP contribution in [0.25, 0.3) is 0 Å². The van der Waals surface area contributed by atoms with Crippen molar-refractivity contribution in [2.24, 2.45) is 17.3 Å². The van der Waals surface area contributed by atoms with Crippen LogP contribution in [-0.4, -0.2) is 40.8 Å². The lowest BCUT2D eigenvalue weighted by atomic mass is 9.48. The third kappa shape index (κ3) is 3.15. The molecule has 2 aliphatic carbocycles. The number of ether oxygens (including phenoxy) is 2. The number of hydrogen-bond acceptors (Lipinski definition) is 6. The summed E-state index contributed by atoms with van der Waals surface area (Å²) in [6.45, 7) is 11.7. The summed E-state index contributed by atoms with van der Waals surface area (Å²) >= 11 is 0. The van der Waals surface area contributed by atoms with Gasteiger partial charge in [0.15, 0.2) is 5.60 Å². The van der Waals surface area contributed by atoms with E-state index in [1.54, 1.807) is 19.1 Å². The molecule has 1 saturated heterocycles. The molecule has 0 radical (unpaired) electrons. The topological polar surface area (TPSA) is 77.5 Å². The molecule has 0 aromatic rings. The number of esters is 1. The van der Waals surface area contributed by atoms with Gasteiger partial charge in [-0.3, -0.25) is 4.79 Å². The van der Waals surface area contributed by atoms with E-state index in [4.69, 9.17) is 19.2 Å². The van der Waals surface area contributed by atoms with Crippen LogP contribution in [0.15, 0.2) is 24.3 Å². The van der Waals surface area contributed by atoms with Crippen molar-refractivity contribution in [1.29, 1.82) is 0 Å². The molecule has 2 heterocycles. The van der Waals surface area contributed by atoms with Crippen LogP contribution in [0.4, 0.5) is 0 Å². The fourth-order valence-electron chi connectivity index (χ4n) is 5.32. The van der Waals surface area contributed by atoms with Gasteiger partial charge >= 0.3 is 5.97 Å². The minimum absolute atomic E-state index is 0.0311. The van der Waals surface area contributed by atoms with Crippen LogP contribution in [0.3, 0.4) is 0 Å². The molecule has 0 aromatic carbocycles. The summed E-state index contributed by atoms with van der Waals surface area (Å²) in [6, 6.07) is 0. The average molecular weight is 392 g/mol. The van der Waals surface area contributed by atoms with Gasteiger partial charge in [-0.05, 0) is 69.9 Å². The van der Waals surface area contributed by atoms with Crippen molar-refractivity contribution in [2.45, 2.75) is 82.9 Å². The molecule has 0 spiro atoms. The third-order valence-corrected chi connectivity index (χ3v) is 7.59. The Morgan fingerprint density at radius 2 is 2.04 bits per heavy atom. The summed E-state index contributed by atoms with van der Waals surface area (Å²) in [5, 5.41) is 11.4. The molecule has 1 N–H and O–H groups in total. The maximum absolute atomic E-state index is 11.4. The number of carbonyl (C=O) groups excluding carboxylic acids is 1. The van der Waals surface area contributed by atoms with Crippen LogP contribution in [0.5, 0.6) is 0 Å². The molecule has 6 nitrogen and oxygen atoms in total. The maximum atomic E-state index is 11.4. The molecule has 4 rings (SSSR count). The van der Waals surface area contributed by atoms with Gasteiger partial charge in [0, 0.05) is 12.3 Å². The molecule has 28 heavy (non-hydrogen) atoms. The Kier molecular flexibility index (Phi) is 4.58. The van der Waals surface area contributed by atoms with Crippen LogP contribution in [0.1, 0.15) is 59.8 Å². The summed E-state index contributed by atoms with van der Waals surface area (Å²) in [4.78, 5) is 22.2. The minimum Gasteiger partial charge on any atom is -0.462 e. The monoisotopic (exact) mass is 392 g/mol. The van der Waals surface area contributed by atoms with E-state index >= 15 is 0 Å². The lowest BCUT2D eigenvalue weighted by Gasteiger charge is -2.60. The molecule has 0 aromatic heterocycles. The zero-order valence-corrected chi connectivity index (χ0v) is 17.3. The van der Waals surface area contributed by atoms with Crippen LogP contribution in [0, 0.1) is 17.3 Å². The Morgan fingerprint density at radius 3 is 2.68 bits per heavy atom. The van der Waals surface area contributed by atoms with Crippen molar-refractivity contribution < 1.29 is 29.1 Å².